The molecule has 0 bridgehead atoms. The summed E-state index contributed by atoms with van der Waals surface area (Å²) in [4.78, 5) is 0.274. The van der Waals surface area contributed by atoms with Gasteiger partial charge in [0.05, 0.1) is 16.1 Å². The molecule has 0 radical (unpaired) electrons. The van der Waals surface area contributed by atoms with Gasteiger partial charge in [-0.05, 0) is 71.5 Å². The summed E-state index contributed by atoms with van der Waals surface area (Å²) < 4.78 is 39.8. The van der Waals surface area contributed by atoms with E-state index in [1.165, 1.54) is 0 Å². The van der Waals surface area contributed by atoms with E-state index in [2.05, 4.69) is 4.72 Å². The summed E-state index contributed by atoms with van der Waals surface area (Å²) in [6, 6.07) is 6.76. The van der Waals surface area contributed by atoms with Gasteiger partial charge in [-0.3, -0.25) is 0 Å². The molecule has 1 N–H and O–H groups in total. The molecule has 0 amide bonds. The van der Waals surface area contributed by atoms with Crippen molar-refractivity contribution < 1.29 is 17.7 Å². The van der Waals surface area contributed by atoms with Crippen LogP contribution in [0.25, 0.3) is 0 Å². The Labute approximate surface area is 145 Å². The second-order valence-electron chi connectivity index (χ2n) is 8.18. The third kappa shape index (κ3) is 3.15. The lowest BCUT2D eigenvalue weighted by molar-refractivity contribution is 0.00578. The third-order valence-electron chi connectivity index (χ3n) is 5.55. The minimum atomic E-state index is -3.50. The van der Waals surface area contributed by atoms with Gasteiger partial charge in [0.1, 0.15) is 0 Å². The monoisotopic (exact) mass is 351 g/mol. The molecule has 132 valence electrons. The predicted octanol–water partition coefficient (Wildman–Crippen LogP) is 2.21. The van der Waals surface area contributed by atoms with E-state index in [-0.39, 0.29) is 10.4 Å². The quantitative estimate of drug-likeness (QED) is 0.845. The van der Waals surface area contributed by atoms with Gasteiger partial charge in [0, 0.05) is 5.54 Å². The molecule has 2 fully saturated rings. The van der Waals surface area contributed by atoms with Crippen LogP contribution >= 0.6 is 0 Å². The maximum absolute atomic E-state index is 12.5. The van der Waals surface area contributed by atoms with Gasteiger partial charge in [0.2, 0.25) is 10.0 Å². The van der Waals surface area contributed by atoms with Gasteiger partial charge in [-0.2, -0.15) is 0 Å². The zero-order chi connectivity index (χ0) is 17.8. The van der Waals surface area contributed by atoms with Crippen LogP contribution in [0, 0.1) is 0 Å². The summed E-state index contributed by atoms with van der Waals surface area (Å²) in [5.41, 5.74) is -0.308. The van der Waals surface area contributed by atoms with E-state index in [0.29, 0.717) is 0 Å². The Hall–Kier alpha value is -0.885. The van der Waals surface area contributed by atoms with Crippen molar-refractivity contribution in [3.63, 3.8) is 0 Å². The van der Waals surface area contributed by atoms with Crippen molar-refractivity contribution in [1.82, 2.24) is 4.72 Å². The van der Waals surface area contributed by atoms with Crippen molar-refractivity contribution in [1.29, 1.82) is 0 Å². The maximum atomic E-state index is 12.5. The minimum absolute atomic E-state index is 0.274. The van der Waals surface area contributed by atoms with Gasteiger partial charge in [-0.15, -0.1) is 0 Å². The molecule has 1 aliphatic carbocycles. The number of rotatable bonds is 4. The molecule has 5 nitrogen and oxygen atoms in total. The fraction of sp³-hybridized carbons (Fsp3) is 0.647. The Morgan fingerprint density at radius 1 is 0.958 bits per heavy atom. The maximum Gasteiger partial charge on any atom is 0.494 e. The first-order chi connectivity index (χ1) is 10.9. The molecule has 1 heterocycles. The molecule has 3 rings (SSSR count). The van der Waals surface area contributed by atoms with Gasteiger partial charge in [0.25, 0.3) is 0 Å². The lowest BCUT2D eigenvalue weighted by Gasteiger charge is -2.38. The zero-order valence-corrected chi connectivity index (χ0v) is 15.9. The summed E-state index contributed by atoms with van der Waals surface area (Å²) in [6.45, 7) is 9.93. The topological polar surface area (TPSA) is 64.6 Å². The fourth-order valence-corrected chi connectivity index (χ4v) is 4.44. The smallest absolute Gasteiger partial charge is 0.399 e. The first-order valence-corrected chi connectivity index (χ1v) is 9.92. The molecule has 7 heteroatoms. The van der Waals surface area contributed by atoms with E-state index >= 15 is 0 Å². The highest BCUT2D eigenvalue weighted by Crippen LogP contribution is 2.36. The Morgan fingerprint density at radius 3 is 1.88 bits per heavy atom. The van der Waals surface area contributed by atoms with Gasteiger partial charge >= 0.3 is 7.12 Å². The van der Waals surface area contributed by atoms with E-state index < -0.39 is 28.3 Å². The second-order valence-corrected chi connectivity index (χ2v) is 9.86. The largest absolute Gasteiger partial charge is 0.494 e. The predicted molar refractivity (Wildman–Crippen MR) is 94.7 cm³/mol. The Kier molecular flexibility index (Phi) is 4.15. The number of sulfonamides is 1. The third-order valence-corrected chi connectivity index (χ3v) is 7.21. The molecule has 0 aromatic heterocycles. The molecule has 0 unspecified atom stereocenters. The van der Waals surface area contributed by atoms with Crippen LogP contribution in [-0.4, -0.2) is 32.3 Å². The Balaban J connectivity index is 1.77. The van der Waals surface area contributed by atoms with Crippen molar-refractivity contribution in [2.24, 2.45) is 0 Å². The van der Waals surface area contributed by atoms with Crippen LogP contribution in [0.5, 0.6) is 0 Å². The van der Waals surface area contributed by atoms with Crippen LogP contribution in [-0.2, 0) is 19.3 Å². The van der Waals surface area contributed by atoms with Crippen LogP contribution in [0.2, 0.25) is 0 Å². The van der Waals surface area contributed by atoms with Crippen LogP contribution in [0.15, 0.2) is 29.2 Å². The highest BCUT2D eigenvalue weighted by atomic mass is 32.2. The van der Waals surface area contributed by atoms with Crippen molar-refractivity contribution in [3.8, 4) is 0 Å². The highest BCUT2D eigenvalue weighted by molar-refractivity contribution is 7.89. The molecular weight excluding hydrogens is 325 g/mol. The number of hydrogen-bond donors (Lipinski definition) is 1. The summed E-state index contributed by atoms with van der Waals surface area (Å²) in [6.07, 6.45) is 2.84. The fourth-order valence-electron chi connectivity index (χ4n) is 2.98. The average Bonchev–Trinajstić information content (AvgIpc) is 2.65. The molecule has 1 saturated carbocycles. The second kappa shape index (κ2) is 5.56. The summed E-state index contributed by atoms with van der Waals surface area (Å²) >= 11 is 0. The zero-order valence-electron chi connectivity index (χ0n) is 15.0. The summed E-state index contributed by atoms with van der Waals surface area (Å²) in [7, 11) is -3.98. The lowest BCUT2D eigenvalue weighted by Crippen LogP contribution is -2.50. The average molecular weight is 351 g/mol. The molecule has 1 aromatic carbocycles. The van der Waals surface area contributed by atoms with E-state index in [4.69, 9.17) is 9.31 Å². The minimum Gasteiger partial charge on any atom is -0.399 e. The standard InChI is InChI=1S/C17H26BNO4S/c1-15(2)16(3,4)23-18(22-15)13-7-9-14(10-8-13)24(20,21)19-17(5)11-6-12-17/h7-10,19H,6,11-12H2,1-5H3. The molecule has 0 atom stereocenters. The van der Waals surface area contributed by atoms with Crippen molar-refractivity contribution >= 4 is 22.6 Å². The van der Waals surface area contributed by atoms with Gasteiger partial charge in [-0.1, -0.05) is 12.1 Å². The van der Waals surface area contributed by atoms with Gasteiger partial charge in [-0.25, -0.2) is 13.1 Å². The molecule has 1 saturated heterocycles. The van der Waals surface area contributed by atoms with Crippen molar-refractivity contribution in [3.05, 3.63) is 24.3 Å². The number of benzene rings is 1. The molecular formula is C17H26BNO4S. The first kappa shape index (κ1) is 17.9. The van der Waals surface area contributed by atoms with Gasteiger partial charge in [0.15, 0.2) is 0 Å². The summed E-state index contributed by atoms with van der Waals surface area (Å²) in [5.74, 6) is 0. The first-order valence-electron chi connectivity index (χ1n) is 8.44. The molecule has 1 aliphatic heterocycles. The molecule has 2 aliphatic rings. The van der Waals surface area contributed by atoms with Crippen LogP contribution in [0.4, 0.5) is 0 Å². The van der Waals surface area contributed by atoms with Crippen LogP contribution in [0.1, 0.15) is 53.9 Å². The van der Waals surface area contributed by atoms with E-state index in [1.807, 2.05) is 34.6 Å². The normalized spacial score (nSPS) is 24.6. The number of nitrogens with one attached hydrogen (secondary N) is 1. The van der Waals surface area contributed by atoms with Crippen molar-refractivity contribution in [2.45, 2.75) is 75.5 Å². The van der Waals surface area contributed by atoms with E-state index in [1.54, 1.807) is 24.3 Å². The summed E-state index contributed by atoms with van der Waals surface area (Å²) in [5, 5.41) is 0. The van der Waals surface area contributed by atoms with Crippen molar-refractivity contribution in [2.75, 3.05) is 0 Å². The van der Waals surface area contributed by atoms with E-state index in [0.717, 1.165) is 24.7 Å². The number of hydrogen-bond acceptors (Lipinski definition) is 4. The Morgan fingerprint density at radius 2 is 1.46 bits per heavy atom. The molecule has 0 spiro atoms. The van der Waals surface area contributed by atoms with Crippen LogP contribution < -0.4 is 10.2 Å². The van der Waals surface area contributed by atoms with Gasteiger partial charge < -0.3 is 9.31 Å². The van der Waals surface area contributed by atoms with E-state index in [9.17, 15) is 8.42 Å². The lowest BCUT2D eigenvalue weighted by atomic mass is 9.79. The Bertz CT molecular complexity index is 707. The van der Waals surface area contributed by atoms with Crippen LogP contribution in [0.3, 0.4) is 0 Å². The molecule has 24 heavy (non-hydrogen) atoms. The SMILES string of the molecule is CC1(NS(=O)(=O)c2ccc(B3OC(C)(C)C(C)(C)O3)cc2)CCC1. The molecule has 1 aromatic rings. The highest BCUT2D eigenvalue weighted by Gasteiger charge is 2.51.